The second-order valence-corrected chi connectivity index (χ2v) is 7.98. The SMILES string of the molecule is C=N/C=C\C(=N/CNc1cn[nH]c1)c1cc(C#N)c2c(c1)CCN2C(=O)Cc1ccccc1Cl. The summed E-state index contributed by atoms with van der Waals surface area (Å²) in [6.07, 6.45) is 7.50. The predicted octanol–water partition coefficient (Wildman–Crippen LogP) is 4.14. The number of H-pyrrole nitrogens is 1. The van der Waals surface area contributed by atoms with Crippen molar-refractivity contribution in [3.05, 3.63) is 88.3 Å². The van der Waals surface area contributed by atoms with Crippen LogP contribution in [-0.4, -0.2) is 41.7 Å². The zero-order valence-corrected chi connectivity index (χ0v) is 19.1. The van der Waals surface area contributed by atoms with Crippen LogP contribution in [0.5, 0.6) is 0 Å². The summed E-state index contributed by atoms with van der Waals surface area (Å²) >= 11 is 6.24. The van der Waals surface area contributed by atoms with Crippen LogP contribution in [0.2, 0.25) is 5.02 Å². The second-order valence-electron chi connectivity index (χ2n) is 7.57. The van der Waals surface area contributed by atoms with Gasteiger partial charge in [0, 0.05) is 29.5 Å². The first-order valence-corrected chi connectivity index (χ1v) is 11.0. The largest absolute Gasteiger partial charge is 0.364 e. The first kappa shape index (κ1) is 23.0. The molecule has 170 valence electrons. The molecule has 0 spiro atoms. The van der Waals surface area contributed by atoms with Gasteiger partial charge in [-0.2, -0.15) is 10.4 Å². The van der Waals surface area contributed by atoms with E-state index in [1.165, 1.54) is 0 Å². The van der Waals surface area contributed by atoms with Gasteiger partial charge in [0.15, 0.2) is 0 Å². The Morgan fingerprint density at radius 3 is 2.97 bits per heavy atom. The number of nitriles is 1. The molecule has 8 nitrogen and oxygen atoms in total. The Morgan fingerprint density at radius 1 is 1.38 bits per heavy atom. The minimum Gasteiger partial charge on any atom is -0.364 e. The molecule has 34 heavy (non-hydrogen) atoms. The minimum absolute atomic E-state index is 0.0925. The van der Waals surface area contributed by atoms with Gasteiger partial charge in [-0.15, -0.1) is 0 Å². The molecule has 0 unspecified atom stereocenters. The van der Waals surface area contributed by atoms with Crippen LogP contribution >= 0.6 is 11.6 Å². The summed E-state index contributed by atoms with van der Waals surface area (Å²) in [7, 11) is 0. The van der Waals surface area contributed by atoms with Gasteiger partial charge < -0.3 is 10.2 Å². The van der Waals surface area contributed by atoms with E-state index in [9.17, 15) is 10.1 Å². The Balaban J connectivity index is 1.62. The van der Waals surface area contributed by atoms with Crippen LogP contribution in [0.25, 0.3) is 0 Å². The maximum Gasteiger partial charge on any atom is 0.231 e. The van der Waals surface area contributed by atoms with E-state index in [1.54, 1.807) is 41.7 Å². The average Bonchev–Trinajstić information content (AvgIpc) is 3.52. The third kappa shape index (κ3) is 5.05. The number of hydrogen-bond donors (Lipinski definition) is 2. The number of halogens is 1. The van der Waals surface area contributed by atoms with Crippen LogP contribution in [0.4, 0.5) is 11.4 Å². The fourth-order valence-electron chi connectivity index (χ4n) is 3.86. The number of aliphatic imine (C=N–C) groups is 2. The third-order valence-corrected chi connectivity index (χ3v) is 5.82. The van der Waals surface area contributed by atoms with Gasteiger partial charge >= 0.3 is 0 Å². The quantitative estimate of drug-likeness (QED) is 0.481. The number of anilines is 2. The van der Waals surface area contributed by atoms with Gasteiger partial charge in [-0.05, 0) is 48.5 Å². The number of allylic oxidation sites excluding steroid dienone is 1. The van der Waals surface area contributed by atoms with Crippen molar-refractivity contribution in [1.29, 1.82) is 5.26 Å². The van der Waals surface area contributed by atoms with E-state index in [0.29, 0.717) is 41.6 Å². The third-order valence-electron chi connectivity index (χ3n) is 5.45. The summed E-state index contributed by atoms with van der Waals surface area (Å²) in [6.45, 7) is 4.30. The van der Waals surface area contributed by atoms with Crippen molar-refractivity contribution in [2.75, 3.05) is 23.4 Å². The molecule has 1 aliphatic heterocycles. The number of nitrogens with zero attached hydrogens (tertiary/aromatic N) is 5. The molecule has 2 N–H and O–H groups in total. The molecule has 0 saturated heterocycles. The van der Waals surface area contributed by atoms with Crippen molar-refractivity contribution in [3.63, 3.8) is 0 Å². The molecule has 0 aliphatic carbocycles. The number of carbonyl (C=O) groups excluding carboxylic acids is 1. The number of aromatic nitrogens is 2. The van der Waals surface area contributed by atoms with Gasteiger partial charge in [-0.25, -0.2) is 0 Å². The van der Waals surface area contributed by atoms with E-state index in [2.05, 4.69) is 38.3 Å². The molecule has 1 amide bonds. The Kier molecular flexibility index (Phi) is 7.16. The van der Waals surface area contributed by atoms with E-state index in [1.807, 2.05) is 24.3 Å². The highest BCUT2D eigenvalue weighted by molar-refractivity contribution is 6.31. The number of amides is 1. The standard InChI is InChI=1S/C25H22ClN7O/c1-28-8-6-23(30-16-29-21-14-31-32-15-21)19-10-18-7-9-33(25(18)20(11-19)13-27)24(34)12-17-4-2-3-5-22(17)26/h2-6,8,10-11,14-15,29H,1,7,9,12,16H2,(H,31,32)/b8-6-,30-23+. The maximum absolute atomic E-state index is 13.1. The number of aromatic amines is 1. The topological polar surface area (TPSA) is 110 Å². The molecule has 0 fully saturated rings. The summed E-state index contributed by atoms with van der Waals surface area (Å²) < 4.78 is 0. The molecular weight excluding hydrogens is 450 g/mol. The zero-order chi connectivity index (χ0) is 23.9. The fourth-order valence-corrected chi connectivity index (χ4v) is 4.06. The van der Waals surface area contributed by atoms with Crippen molar-refractivity contribution in [2.24, 2.45) is 9.98 Å². The van der Waals surface area contributed by atoms with Gasteiger partial charge in [0.25, 0.3) is 0 Å². The van der Waals surface area contributed by atoms with Crippen LogP contribution in [0.3, 0.4) is 0 Å². The molecule has 1 aliphatic rings. The minimum atomic E-state index is -0.0925. The van der Waals surface area contributed by atoms with Crippen molar-refractivity contribution >= 4 is 41.3 Å². The summed E-state index contributed by atoms with van der Waals surface area (Å²) in [5, 5.41) is 20.2. The van der Waals surface area contributed by atoms with Gasteiger partial charge in [0.2, 0.25) is 5.91 Å². The van der Waals surface area contributed by atoms with Crippen molar-refractivity contribution in [2.45, 2.75) is 12.8 Å². The average molecular weight is 472 g/mol. The highest BCUT2D eigenvalue weighted by atomic mass is 35.5. The number of benzene rings is 2. The lowest BCUT2D eigenvalue weighted by atomic mass is 10.00. The molecule has 0 bridgehead atoms. The lowest BCUT2D eigenvalue weighted by molar-refractivity contribution is -0.117. The number of carbonyl (C=O) groups is 1. The van der Waals surface area contributed by atoms with E-state index in [0.717, 1.165) is 22.4 Å². The van der Waals surface area contributed by atoms with Crippen LogP contribution in [0.1, 0.15) is 22.3 Å². The lowest BCUT2D eigenvalue weighted by Gasteiger charge is -2.19. The number of fused-ring (bicyclic) bond motifs is 1. The van der Waals surface area contributed by atoms with Gasteiger partial charge in [0.05, 0.1) is 35.3 Å². The van der Waals surface area contributed by atoms with Crippen molar-refractivity contribution < 1.29 is 4.79 Å². The van der Waals surface area contributed by atoms with Crippen molar-refractivity contribution in [3.8, 4) is 6.07 Å². The molecule has 2 aromatic carbocycles. The molecule has 4 rings (SSSR count). The van der Waals surface area contributed by atoms with E-state index in [4.69, 9.17) is 11.6 Å². The van der Waals surface area contributed by atoms with E-state index >= 15 is 0 Å². The number of hydrogen-bond acceptors (Lipinski definition) is 6. The Labute approximate surface area is 202 Å². The molecular formula is C25H22ClN7O. The van der Waals surface area contributed by atoms with E-state index in [-0.39, 0.29) is 12.3 Å². The molecule has 9 heteroatoms. The van der Waals surface area contributed by atoms with Crippen LogP contribution in [0.15, 0.2) is 71.1 Å². The molecule has 3 aromatic rings. The second kappa shape index (κ2) is 10.6. The fraction of sp³-hybridized carbons (Fsp3) is 0.160. The van der Waals surface area contributed by atoms with Gasteiger partial charge in [0.1, 0.15) is 12.7 Å². The maximum atomic E-state index is 13.1. The number of nitrogens with one attached hydrogen (secondary N) is 2. The molecule has 0 atom stereocenters. The highest BCUT2D eigenvalue weighted by Crippen LogP contribution is 2.34. The summed E-state index contributed by atoms with van der Waals surface area (Å²) in [5.74, 6) is -0.0925. The Morgan fingerprint density at radius 2 is 2.24 bits per heavy atom. The summed E-state index contributed by atoms with van der Waals surface area (Å²) in [4.78, 5) is 23.2. The molecule has 2 heterocycles. The van der Waals surface area contributed by atoms with Crippen LogP contribution in [-0.2, 0) is 17.6 Å². The monoisotopic (exact) mass is 471 g/mol. The molecule has 1 aromatic heterocycles. The van der Waals surface area contributed by atoms with Crippen LogP contribution in [0, 0.1) is 11.3 Å². The molecule has 0 saturated carbocycles. The van der Waals surface area contributed by atoms with E-state index < -0.39 is 0 Å². The first-order valence-electron chi connectivity index (χ1n) is 10.6. The highest BCUT2D eigenvalue weighted by Gasteiger charge is 2.29. The van der Waals surface area contributed by atoms with Gasteiger partial charge in [-0.1, -0.05) is 29.8 Å². The first-order chi connectivity index (χ1) is 16.6. The summed E-state index contributed by atoms with van der Waals surface area (Å²) in [5.41, 5.74) is 5.00. The smallest absolute Gasteiger partial charge is 0.231 e. The number of rotatable bonds is 8. The summed E-state index contributed by atoms with van der Waals surface area (Å²) in [6, 6.07) is 13.3. The van der Waals surface area contributed by atoms with Crippen LogP contribution < -0.4 is 10.2 Å². The van der Waals surface area contributed by atoms with Gasteiger partial charge in [-0.3, -0.25) is 19.9 Å². The Hall–Kier alpha value is -4.22. The predicted molar refractivity (Wildman–Crippen MR) is 135 cm³/mol. The Bertz CT molecular complexity index is 1310. The van der Waals surface area contributed by atoms with Crippen molar-refractivity contribution in [1.82, 2.24) is 10.2 Å². The zero-order valence-electron chi connectivity index (χ0n) is 18.3. The molecule has 0 radical (unpaired) electrons. The lowest BCUT2D eigenvalue weighted by Crippen LogP contribution is -2.31. The normalized spacial score (nSPS) is 13.1.